The van der Waals surface area contributed by atoms with E-state index in [0.29, 0.717) is 6.47 Å². The second kappa shape index (κ2) is 10.7. The van der Waals surface area contributed by atoms with Gasteiger partial charge in [0, 0.05) is 24.8 Å². The van der Waals surface area contributed by atoms with Gasteiger partial charge in [0.15, 0.2) is 0 Å². The van der Waals surface area contributed by atoms with Crippen LogP contribution in [0.3, 0.4) is 0 Å². The third-order valence-corrected chi connectivity index (χ3v) is 5.14. The molecule has 0 saturated heterocycles. The van der Waals surface area contributed by atoms with Gasteiger partial charge in [-0.15, -0.1) is 0 Å². The van der Waals surface area contributed by atoms with Crippen LogP contribution >= 0.6 is 0 Å². The van der Waals surface area contributed by atoms with Crippen LogP contribution in [0.2, 0.25) is 0 Å². The Hall–Kier alpha value is -3.27. The van der Waals surface area contributed by atoms with E-state index in [1.807, 2.05) is 20.8 Å². The smallest absolute Gasteiger partial charge is 0.293 e. The van der Waals surface area contributed by atoms with Gasteiger partial charge < -0.3 is 4.74 Å². The molecule has 4 aromatic rings. The van der Waals surface area contributed by atoms with Crippen LogP contribution in [0.4, 0.5) is 0 Å². The standard InChI is InChI=1S/C18H16.C5H10O2.C4H4N2/c1-3-7-15-13(5-1)9-11-18-16-8-4-2-6-14(16)10-12-17(15)18;1-5(2,3)7-4-6;1-2-6-4-3-5-1/h1,3,5,7,9-12H,2,4,6,8H2;4H,1-3H3;1-4H. The molecule has 1 aliphatic carbocycles. The highest BCUT2D eigenvalue weighted by atomic mass is 16.5. The number of carbonyl (C=O) groups is 1. The zero-order valence-electron chi connectivity index (χ0n) is 18.5. The van der Waals surface area contributed by atoms with E-state index in [1.165, 1.54) is 47.2 Å². The Bertz CT molecular complexity index is 1090. The van der Waals surface area contributed by atoms with E-state index in [2.05, 4.69) is 63.2 Å². The van der Waals surface area contributed by atoms with Gasteiger partial charge in [-0.1, -0.05) is 48.5 Å². The summed E-state index contributed by atoms with van der Waals surface area (Å²) in [6.45, 7) is 5.92. The van der Waals surface area contributed by atoms with E-state index >= 15 is 0 Å². The fraction of sp³-hybridized carbons (Fsp3) is 0.296. The zero-order chi connectivity index (χ0) is 22.1. The van der Waals surface area contributed by atoms with Crippen molar-refractivity contribution in [3.8, 4) is 0 Å². The quantitative estimate of drug-likeness (QED) is 0.271. The first kappa shape index (κ1) is 22.4. The Morgan fingerprint density at radius 1 is 0.774 bits per heavy atom. The predicted octanol–water partition coefficient (Wildman–Crippen LogP) is 6.31. The molecule has 0 bridgehead atoms. The molecule has 31 heavy (non-hydrogen) atoms. The largest absolute Gasteiger partial charge is 0.462 e. The van der Waals surface area contributed by atoms with Crippen molar-refractivity contribution in [2.24, 2.45) is 0 Å². The summed E-state index contributed by atoms with van der Waals surface area (Å²) in [6.07, 6.45) is 11.8. The van der Waals surface area contributed by atoms with Gasteiger partial charge in [0.1, 0.15) is 5.60 Å². The minimum Gasteiger partial charge on any atom is -0.462 e. The molecule has 1 aromatic heterocycles. The lowest BCUT2D eigenvalue weighted by Crippen LogP contribution is -2.17. The van der Waals surface area contributed by atoms with Crippen LogP contribution in [-0.2, 0) is 22.4 Å². The summed E-state index contributed by atoms with van der Waals surface area (Å²) in [7, 11) is 0. The molecule has 0 amide bonds. The molecule has 160 valence electrons. The van der Waals surface area contributed by atoms with E-state index in [9.17, 15) is 4.79 Å². The molecule has 4 heteroatoms. The number of aromatic nitrogens is 2. The fourth-order valence-electron chi connectivity index (χ4n) is 3.74. The summed E-state index contributed by atoms with van der Waals surface area (Å²) in [6, 6.07) is 18.0. The number of aryl methyl sites for hydroxylation is 2. The van der Waals surface area contributed by atoms with E-state index < -0.39 is 0 Å². The van der Waals surface area contributed by atoms with Crippen molar-refractivity contribution in [3.05, 3.63) is 84.4 Å². The van der Waals surface area contributed by atoms with Gasteiger partial charge in [0.05, 0.1) is 0 Å². The molecule has 1 heterocycles. The first-order valence-electron chi connectivity index (χ1n) is 10.7. The van der Waals surface area contributed by atoms with Gasteiger partial charge >= 0.3 is 0 Å². The molecule has 0 saturated carbocycles. The fourth-order valence-corrected chi connectivity index (χ4v) is 3.74. The number of benzene rings is 3. The normalized spacial score (nSPS) is 12.6. The minimum absolute atomic E-state index is 0.318. The minimum atomic E-state index is -0.318. The summed E-state index contributed by atoms with van der Waals surface area (Å²) in [5, 5.41) is 5.64. The average Bonchev–Trinajstić information content (AvgIpc) is 2.80. The number of nitrogens with zero attached hydrogens (tertiary/aromatic N) is 2. The van der Waals surface area contributed by atoms with Crippen molar-refractivity contribution < 1.29 is 9.53 Å². The Balaban J connectivity index is 0.000000174. The predicted molar refractivity (Wildman–Crippen MR) is 127 cm³/mol. The SMILES string of the molecule is CC(C)(C)OC=O.c1ccc2c(c1)ccc1c3c(ccc12)CCCC3.c1cnccn1. The molecule has 1 aliphatic rings. The molecule has 0 radical (unpaired) electrons. The van der Waals surface area contributed by atoms with Crippen molar-refractivity contribution >= 4 is 28.0 Å². The summed E-state index contributed by atoms with van der Waals surface area (Å²) >= 11 is 0. The van der Waals surface area contributed by atoms with Crippen LogP contribution in [0.1, 0.15) is 44.7 Å². The molecular weight excluding hydrogens is 384 g/mol. The van der Waals surface area contributed by atoms with Crippen LogP contribution in [0.15, 0.2) is 73.3 Å². The second-order valence-electron chi connectivity index (χ2n) is 8.51. The van der Waals surface area contributed by atoms with Crippen molar-refractivity contribution in [1.29, 1.82) is 0 Å². The van der Waals surface area contributed by atoms with Crippen molar-refractivity contribution in [3.63, 3.8) is 0 Å². The molecular formula is C27H30N2O2. The number of hydrogen-bond donors (Lipinski definition) is 0. The lowest BCUT2D eigenvalue weighted by molar-refractivity contribution is -0.138. The first-order valence-corrected chi connectivity index (χ1v) is 10.7. The molecule has 0 atom stereocenters. The van der Waals surface area contributed by atoms with Crippen LogP contribution in [0.25, 0.3) is 21.5 Å². The van der Waals surface area contributed by atoms with Crippen LogP contribution < -0.4 is 0 Å². The summed E-state index contributed by atoms with van der Waals surface area (Å²) in [5.41, 5.74) is 2.86. The van der Waals surface area contributed by atoms with Crippen LogP contribution in [0, 0.1) is 0 Å². The number of rotatable bonds is 1. The maximum atomic E-state index is 9.60. The van der Waals surface area contributed by atoms with Gasteiger partial charge in [-0.05, 0) is 79.1 Å². The number of carbonyl (C=O) groups excluding carboxylic acids is 1. The Labute approximate surface area is 184 Å². The maximum Gasteiger partial charge on any atom is 0.293 e. The van der Waals surface area contributed by atoms with Crippen molar-refractivity contribution in [2.45, 2.75) is 52.1 Å². The highest BCUT2D eigenvalue weighted by Gasteiger charge is 2.13. The second-order valence-corrected chi connectivity index (χ2v) is 8.51. The van der Waals surface area contributed by atoms with E-state index in [1.54, 1.807) is 35.9 Å². The molecule has 0 spiro atoms. The lowest BCUT2D eigenvalue weighted by atomic mass is 9.86. The van der Waals surface area contributed by atoms with E-state index in [0.717, 1.165) is 0 Å². The topological polar surface area (TPSA) is 52.1 Å². The van der Waals surface area contributed by atoms with Gasteiger partial charge in [-0.25, -0.2) is 0 Å². The lowest BCUT2D eigenvalue weighted by Gasteiger charge is -2.18. The highest BCUT2D eigenvalue weighted by molar-refractivity contribution is 6.08. The average molecular weight is 415 g/mol. The van der Waals surface area contributed by atoms with E-state index in [-0.39, 0.29) is 5.60 Å². The Morgan fingerprint density at radius 2 is 1.42 bits per heavy atom. The molecule has 3 aromatic carbocycles. The maximum absolute atomic E-state index is 9.60. The molecule has 0 N–H and O–H groups in total. The third-order valence-electron chi connectivity index (χ3n) is 5.14. The van der Waals surface area contributed by atoms with Crippen LogP contribution in [-0.4, -0.2) is 22.0 Å². The molecule has 0 unspecified atom stereocenters. The van der Waals surface area contributed by atoms with E-state index in [4.69, 9.17) is 0 Å². The summed E-state index contributed by atoms with van der Waals surface area (Å²) < 4.78 is 4.55. The van der Waals surface area contributed by atoms with Crippen molar-refractivity contribution in [1.82, 2.24) is 9.97 Å². The Kier molecular flexibility index (Phi) is 7.71. The summed E-state index contributed by atoms with van der Waals surface area (Å²) in [4.78, 5) is 17.0. The Morgan fingerprint density at radius 3 is 2.03 bits per heavy atom. The van der Waals surface area contributed by atoms with Gasteiger partial charge in [0.2, 0.25) is 0 Å². The number of fused-ring (bicyclic) bond motifs is 5. The highest BCUT2D eigenvalue weighted by Crippen LogP contribution is 2.33. The molecule has 0 fully saturated rings. The number of ether oxygens (including phenoxy) is 1. The van der Waals surface area contributed by atoms with Gasteiger partial charge in [0.25, 0.3) is 6.47 Å². The summed E-state index contributed by atoms with van der Waals surface area (Å²) in [5.74, 6) is 0. The van der Waals surface area contributed by atoms with Crippen LogP contribution in [0.5, 0.6) is 0 Å². The van der Waals surface area contributed by atoms with Gasteiger partial charge in [-0.3, -0.25) is 14.8 Å². The molecule has 4 nitrogen and oxygen atoms in total. The van der Waals surface area contributed by atoms with Crippen molar-refractivity contribution in [2.75, 3.05) is 0 Å². The molecule has 5 rings (SSSR count). The van der Waals surface area contributed by atoms with Gasteiger partial charge in [-0.2, -0.15) is 0 Å². The monoisotopic (exact) mass is 414 g/mol. The number of hydrogen-bond acceptors (Lipinski definition) is 4. The third kappa shape index (κ3) is 6.35. The molecule has 0 aliphatic heterocycles. The zero-order valence-corrected chi connectivity index (χ0v) is 18.5. The first-order chi connectivity index (χ1) is 15.0.